The fourth-order valence-electron chi connectivity index (χ4n) is 3.68. The van der Waals surface area contributed by atoms with Crippen LogP contribution in [0.1, 0.15) is 57.1 Å². The van der Waals surface area contributed by atoms with Crippen molar-refractivity contribution in [2.45, 2.75) is 63.7 Å². The first kappa shape index (κ1) is 13.1. The van der Waals surface area contributed by atoms with Gasteiger partial charge in [0, 0.05) is 24.9 Å². The van der Waals surface area contributed by atoms with Gasteiger partial charge in [0.2, 0.25) is 0 Å². The molecule has 106 valence electrons. The highest BCUT2D eigenvalue weighted by molar-refractivity contribution is 5.10. The molecule has 1 saturated heterocycles. The van der Waals surface area contributed by atoms with E-state index in [2.05, 4.69) is 12.0 Å². The van der Waals surface area contributed by atoms with E-state index in [1.807, 2.05) is 17.1 Å². The van der Waals surface area contributed by atoms with Gasteiger partial charge in [0.1, 0.15) is 0 Å². The monoisotopic (exact) mass is 264 g/mol. The van der Waals surface area contributed by atoms with E-state index in [1.54, 1.807) is 0 Å². The van der Waals surface area contributed by atoms with Gasteiger partial charge >= 0.3 is 0 Å². The van der Waals surface area contributed by atoms with Crippen LogP contribution >= 0.6 is 0 Å². The number of hydrogen-bond acceptors (Lipinski definition) is 3. The molecular formula is C15H24N2O2. The Hall–Kier alpha value is -0.870. The minimum absolute atomic E-state index is 0.0741. The van der Waals surface area contributed by atoms with Crippen LogP contribution in [-0.2, 0) is 11.3 Å². The van der Waals surface area contributed by atoms with Crippen LogP contribution in [0.25, 0.3) is 0 Å². The van der Waals surface area contributed by atoms with Crippen LogP contribution in [-0.4, -0.2) is 27.1 Å². The summed E-state index contributed by atoms with van der Waals surface area (Å²) in [6.45, 7) is 3.71. The van der Waals surface area contributed by atoms with Crippen LogP contribution in [0, 0.1) is 5.92 Å². The Morgan fingerprint density at radius 1 is 1.53 bits per heavy atom. The summed E-state index contributed by atoms with van der Waals surface area (Å²) in [5, 5.41) is 14.9. The molecule has 4 nitrogen and oxygen atoms in total. The highest BCUT2D eigenvalue weighted by Gasteiger charge is 2.42. The summed E-state index contributed by atoms with van der Waals surface area (Å²) in [6.07, 6.45) is 10.3. The second kappa shape index (κ2) is 5.25. The minimum atomic E-state index is -0.387. The molecule has 1 aliphatic heterocycles. The zero-order valence-corrected chi connectivity index (χ0v) is 11.7. The highest BCUT2D eigenvalue weighted by Crippen LogP contribution is 2.45. The van der Waals surface area contributed by atoms with Crippen molar-refractivity contribution in [1.29, 1.82) is 0 Å². The lowest BCUT2D eigenvalue weighted by Gasteiger charge is -2.39. The zero-order chi connectivity index (χ0) is 13.3. The molecule has 2 unspecified atom stereocenters. The largest absolute Gasteiger partial charge is 0.388 e. The molecule has 2 heterocycles. The highest BCUT2D eigenvalue weighted by atomic mass is 16.5. The molecule has 1 aliphatic carbocycles. The van der Waals surface area contributed by atoms with Crippen LogP contribution in [0.4, 0.5) is 0 Å². The molecule has 4 heteroatoms. The Bertz CT molecular complexity index is 424. The molecule has 1 N–H and O–H groups in total. The lowest BCUT2D eigenvalue weighted by molar-refractivity contribution is -0.113. The van der Waals surface area contributed by atoms with E-state index in [0.717, 1.165) is 31.6 Å². The van der Waals surface area contributed by atoms with Crippen LogP contribution in [0.15, 0.2) is 12.4 Å². The van der Waals surface area contributed by atoms with Crippen molar-refractivity contribution in [2.75, 3.05) is 6.61 Å². The molecule has 1 aromatic rings. The SMILES string of the molecule is CCn1cc(C(O)C2CCOC3(CCCC3)C2)cn1. The van der Waals surface area contributed by atoms with Crippen molar-refractivity contribution < 1.29 is 9.84 Å². The molecule has 0 aromatic carbocycles. The zero-order valence-electron chi connectivity index (χ0n) is 11.7. The van der Waals surface area contributed by atoms with Crippen LogP contribution in [0.3, 0.4) is 0 Å². The van der Waals surface area contributed by atoms with Gasteiger partial charge in [-0.3, -0.25) is 4.68 Å². The Kier molecular flexibility index (Phi) is 3.63. The summed E-state index contributed by atoms with van der Waals surface area (Å²) in [5.41, 5.74) is 1.03. The maximum atomic E-state index is 10.6. The average molecular weight is 264 g/mol. The molecule has 1 spiro atoms. The minimum Gasteiger partial charge on any atom is -0.388 e. The fraction of sp³-hybridized carbons (Fsp3) is 0.800. The smallest absolute Gasteiger partial charge is 0.0850 e. The van der Waals surface area contributed by atoms with Gasteiger partial charge in [-0.1, -0.05) is 12.8 Å². The maximum Gasteiger partial charge on any atom is 0.0850 e. The van der Waals surface area contributed by atoms with E-state index in [1.165, 1.54) is 25.7 Å². The second-order valence-corrected chi connectivity index (χ2v) is 6.07. The molecule has 0 amide bonds. The molecule has 2 aliphatic rings. The molecule has 1 aromatic heterocycles. The quantitative estimate of drug-likeness (QED) is 0.913. The number of aliphatic hydroxyl groups is 1. The number of rotatable bonds is 3. The average Bonchev–Trinajstić information content (AvgIpc) is 3.07. The number of aliphatic hydroxyl groups excluding tert-OH is 1. The lowest BCUT2D eigenvalue weighted by Crippen LogP contribution is -2.39. The summed E-state index contributed by atoms with van der Waals surface area (Å²) in [6, 6.07) is 0. The topological polar surface area (TPSA) is 47.3 Å². The van der Waals surface area contributed by atoms with Crippen molar-refractivity contribution in [3.05, 3.63) is 18.0 Å². The standard InChI is InChI=1S/C15H24N2O2/c1-2-17-11-13(10-16-17)14(18)12-5-8-19-15(9-12)6-3-4-7-15/h10-12,14,18H,2-9H2,1H3. The van der Waals surface area contributed by atoms with Gasteiger partial charge in [0.05, 0.1) is 17.9 Å². The second-order valence-electron chi connectivity index (χ2n) is 6.07. The Morgan fingerprint density at radius 3 is 3.00 bits per heavy atom. The van der Waals surface area contributed by atoms with E-state index in [4.69, 9.17) is 4.74 Å². The van der Waals surface area contributed by atoms with Crippen molar-refractivity contribution in [2.24, 2.45) is 5.92 Å². The molecule has 19 heavy (non-hydrogen) atoms. The third-order valence-electron chi connectivity index (χ3n) is 4.81. The number of hydrogen-bond donors (Lipinski definition) is 1. The predicted molar refractivity (Wildman–Crippen MR) is 72.7 cm³/mol. The van der Waals surface area contributed by atoms with Crippen LogP contribution < -0.4 is 0 Å². The predicted octanol–water partition coefficient (Wildman–Crippen LogP) is 2.68. The maximum absolute atomic E-state index is 10.6. The number of aryl methyl sites for hydroxylation is 1. The summed E-state index contributed by atoms with van der Waals surface area (Å²) < 4.78 is 7.92. The van der Waals surface area contributed by atoms with Crippen molar-refractivity contribution in [1.82, 2.24) is 9.78 Å². The summed E-state index contributed by atoms with van der Waals surface area (Å²) in [4.78, 5) is 0. The Morgan fingerprint density at radius 2 is 2.32 bits per heavy atom. The van der Waals surface area contributed by atoms with Gasteiger partial charge < -0.3 is 9.84 Å². The van der Waals surface area contributed by atoms with E-state index in [9.17, 15) is 5.11 Å². The van der Waals surface area contributed by atoms with Crippen molar-refractivity contribution >= 4 is 0 Å². The molecule has 1 saturated carbocycles. The number of aromatic nitrogens is 2. The first-order valence-electron chi connectivity index (χ1n) is 7.57. The summed E-state index contributed by atoms with van der Waals surface area (Å²) >= 11 is 0. The van der Waals surface area contributed by atoms with E-state index in [-0.39, 0.29) is 11.7 Å². The van der Waals surface area contributed by atoms with Gasteiger partial charge in [-0.15, -0.1) is 0 Å². The number of ether oxygens (including phenoxy) is 1. The van der Waals surface area contributed by atoms with Gasteiger partial charge in [0.25, 0.3) is 0 Å². The first-order chi connectivity index (χ1) is 9.22. The fourth-order valence-corrected chi connectivity index (χ4v) is 3.68. The van der Waals surface area contributed by atoms with Crippen molar-refractivity contribution in [3.63, 3.8) is 0 Å². The molecule has 2 fully saturated rings. The van der Waals surface area contributed by atoms with Gasteiger partial charge in [-0.25, -0.2) is 0 Å². The normalized spacial score (nSPS) is 27.8. The third kappa shape index (κ3) is 2.56. The van der Waals surface area contributed by atoms with E-state index < -0.39 is 0 Å². The Labute approximate surface area is 114 Å². The molecule has 0 radical (unpaired) electrons. The van der Waals surface area contributed by atoms with Crippen LogP contribution in [0.5, 0.6) is 0 Å². The van der Waals surface area contributed by atoms with Gasteiger partial charge in [0.15, 0.2) is 0 Å². The molecule has 3 rings (SSSR count). The first-order valence-corrected chi connectivity index (χ1v) is 7.57. The molecule has 0 bridgehead atoms. The molecular weight excluding hydrogens is 240 g/mol. The molecule has 2 atom stereocenters. The lowest BCUT2D eigenvalue weighted by atomic mass is 9.80. The van der Waals surface area contributed by atoms with Gasteiger partial charge in [-0.2, -0.15) is 5.10 Å². The van der Waals surface area contributed by atoms with Gasteiger partial charge in [-0.05, 0) is 38.5 Å². The summed E-state index contributed by atoms with van der Waals surface area (Å²) in [7, 11) is 0. The van der Waals surface area contributed by atoms with Crippen molar-refractivity contribution in [3.8, 4) is 0 Å². The Balaban J connectivity index is 1.70. The van der Waals surface area contributed by atoms with Crippen LogP contribution in [0.2, 0.25) is 0 Å². The number of nitrogens with zero attached hydrogens (tertiary/aromatic N) is 2. The van der Waals surface area contributed by atoms with E-state index >= 15 is 0 Å². The van der Waals surface area contributed by atoms with E-state index in [0.29, 0.717) is 5.92 Å². The third-order valence-corrected chi connectivity index (χ3v) is 4.81. The summed E-state index contributed by atoms with van der Waals surface area (Å²) in [5.74, 6) is 0.321.